The van der Waals surface area contributed by atoms with Gasteiger partial charge in [-0.15, -0.1) is 0 Å². The molecule has 0 bridgehead atoms. The van der Waals surface area contributed by atoms with Gasteiger partial charge < -0.3 is 21.9 Å². The van der Waals surface area contributed by atoms with Crippen molar-refractivity contribution in [3.8, 4) is 0 Å². The Balaban J connectivity index is 2.45. The third kappa shape index (κ3) is 3.98. The molecule has 0 radical (unpaired) electrons. The van der Waals surface area contributed by atoms with Crippen LogP contribution in [0.1, 0.15) is 20.3 Å². The maximum absolute atomic E-state index is 9.69. The molecule has 4 nitrogen and oxygen atoms in total. The number of nitrogens with two attached hydrogens (primary N) is 2. The standard InChI is InChI=1S/C12H21N3O/c1-8(2)5-10(16)7-15-9-3-4-11(13)12(14)6-9/h3-4,6,8,10,15-16H,5,7,13-14H2,1-2H3. The van der Waals surface area contributed by atoms with E-state index < -0.39 is 0 Å². The minimum Gasteiger partial charge on any atom is -0.397 e. The van der Waals surface area contributed by atoms with Crippen molar-refractivity contribution in [2.24, 2.45) is 5.92 Å². The molecule has 1 rings (SSSR count). The minimum absolute atomic E-state index is 0.334. The van der Waals surface area contributed by atoms with Crippen molar-refractivity contribution >= 4 is 17.1 Å². The summed E-state index contributed by atoms with van der Waals surface area (Å²) < 4.78 is 0. The Hall–Kier alpha value is -1.42. The van der Waals surface area contributed by atoms with Crippen LogP contribution in [0.4, 0.5) is 17.1 Å². The molecule has 0 amide bonds. The predicted molar refractivity (Wildman–Crippen MR) is 69.2 cm³/mol. The zero-order valence-corrected chi connectivity index (χ0v) is 9.90. The van der Waals surface area contributed by atoms with Crippen LogP contribution in [0.15, 0.2) is 18.2 Å². The van der Waals surface area contributed by atoms with E-state index in [9.17, 15) is 5.11 Å². The van der Waals surface area contributed by atoms with Crippen molar-refractivity contribution in [3.63, 3.8) is 0 Å². The highest BCUT2D eigenvalue weighted by atomic mass is 16.3. The first-order valence-corrected chi connectivity index (χ1v) is 5.56. The lowest BCUT2D eigenvalue weighted by Gasteiger charge is -2.15. The van der Waals surface area contributed by atoms with Crippen LogP contribution in [-0.2, 0) is 0 Å². The number of nitrogen functional groups attached to an aromatic ring is 2. The van der Waals surface area contributed by atoms with E-state index in [4.69, 9.17) is 11.5 Å². The van der Waals surface area contributed by atoms with Crippen LogP contribution in [0.3, 0.4) is 0 Å². The van der Waals surface area contributed by atoms with E-state index in [1.165, 1.54) is 0 Å². The fourth-order valence-electron chi connectivity index (χ4n) is 1.55. The third-order valence-electron chi connectivity index (χ3n) is 2.37. The average Bonchev–Trinajstić information content (AvgIpc) is 2.19. The van der Waals surface area contributed by atoms with Gasteiger partial charge in [0.2, 0.25) is 0 Å². The van der Waals surface area contributed by atoms with Crippen molar-refractivity contribution in [3.05, 3.63) is 18.2 Å². The molecule has 0 saturated heterocycles. The molecule has 6 N–H and O–H groups in total. The highest BCUT2D eigenvalue weighted by Gasteiger charge is 2.06. The summed E-state index contributed by atoms with van der Waals surface area (Å²) in [5.41, 5.74) is 13.3. The Morgan fingerprint density at radius 3 is 2.50 bits per heavy atom. The number of benzene rings is 1. The summed E-state index contributed by atoms with van der Waals surface area (Å²) in [4.78, 5) is 0. The fourth-order valence-corrected chi connectivity index (χ4v) is 1.55. The Kier molecular flexibility index (Phi) is 4.43. The number of rotatable bonds is 5. The molecule has 1 aromatic carbocycles. The summed E-state index contributed by atoms with van der Waals surface area (Å²) in [5, 5.41) is 12.8. The Morgan fingerprint density at radius 1 is 1.25 bits per heavy atom. The number of anilines is 3. The van der Waals surface area contributed by atoms with Crippen molar-refractivity contribution in [2.75, 3.05) is 23.3 Å². The van der Waals surface area contributed by atoms with Gasteiger partial charge in [0.25, 0.3) is 0 Å². The van der Waals surface area contributed by atoms with E-state index >= 15 is 0 Å². The molecule has 0 heterocycles. The second kappa shape index (κ2) is 5.61. The summed E-state index contributed by atoms with van der Waals surface area (Å²) >= 11 is 0. The molecule has 1 atom stereocenters. The highest BCUT2D eigenvalue weighted by Crippen LogP contribution is 2.19. The molecule has 90 valence electrons. The molecule has 0 aromatic heterocycles. The number of aliphatic hydroxyl groups excluding tert-OH is 1. The van der Waals surface area contributed by atoms with Crippen molar-refractivity contribution in [2.45, 2.75) is 26.4 Å². The smallest absolute Gasteiger partial charge is 0.0715 e. The molecule has 0 fully saturated rings. The van der Waals surface area contributed by atoms with Crippen molar-refractivity contribution in [1.82, 2.24) is 0 Å². The molecule has 0 aliphatic heterocycles. The molecule has 0 saturated carbocycles. The lowest BCUT2D eigenvalue weighted by molar-refractivity contribution is 0.161. The second-order valence-electron chi connectivity index (χ2n) is 4.51. The highest BCUT2D eigenvalue weighted by molar-refractivity contribution is 5.69. The first-order chi connectivity index (χ1) is 7.49. The Labute approximate surface area is 96.6 Å². The fraction of sp³-hybridized carbons (Fsp3) is 0.500. The topological polar surface area (TPSA) is 84.3 Å². The van der Waals surface area contributed by atoms with Crippen LogP contribution in [-0.4, -0.2) is 17.8 Å². The van der Waals surface area contributed by atoms with E-state index in [1.54, 1.807) is 12.1 Å². The van der Waals surface area contributed by atoms with Crippen LogP contribution in [0.2, 0.25) is 0 Å². The second-order valence-corrected chi connectivity index (χ2v) is 4.51. The van der Waals surface area contributed by atoms with Crippen LogP contribution in [0.25, 0.3) is 0 Å². The van der Waals surface area contributed by atoms with Crippen LogP contribution < -0.4 is 16.8 Å². The van der Waals surface area contributed by atoms with Gasteiger partial charge in [-0.1, -0.05) is 13.8 Å². The van der Waals surface area contributed by atoms with Gasteiger partial charge in [0.15, 0.2) is 0 Å². The zero-order valence-electron chi connectivity index (χ0n) is 9.90. The molecule has 0 spiro atoms. The predicted octanol–water partition coefficient (Wildman–Crippen LogP) is 1.67. The van der Waals surface area contributed by atoms with E-state index in [2.05, 4.69) is 19.2 Å². The first-order valence-electron chi connectivity index (χ1n) is 5.56. The summed E-state index contributed by atoms with van der Waals surface area (Å²) in [6, 6.07) is 5.39. The molecule has 16 heavy (non-hydrogen) atoms. The number of hydrogen-bond acceptors (Lipinski definition) is 4. The van der Waals surface area contributed by atoms with Gasteiger partial charge in [0.05, 0.1) is 17.5 Å². The monoisotopic (exact) mass is 223 g/mol. The Bertz CT molecular complexity index is 339. The van der Waals surface area contributed by atoms with Gasteiger partial charge in [0, 0.05) is 12.2 Å². The van der Waals surface area contributed by atoms with Crippen LogP contribution >= 0.6 is 0 Å². The van der Waals surface area contributed by atoms with Gasteiger partial charge in [0.1, 0.15) is 0 Å². The van der Waals surface area contributed by atoms with Crippen LogP contribution in [0, 0.1) is 5.92 Å². The van der Waals surface area contributed by atoms with E-state index in [0.717, 1.165) is 12.1 Å². The molecule has 1 unspecified atom stereocenters. The summed E-state index contributed by atoms with van der Waals surface area (Å²) in [6.45, 7) is 4.70. The van der Waals surface area contributed by atoms with E-state index in [0.29, 0.717) is 23.8 Å². The van der Waals surface area contributed by atoms with Crippen LogP contribution in [0.5, 0.6) is 0 Å². The van der Waals surface area contributed by atoms with E-state index in [-0.39, 0.29) is 6.10 Å². The molecular weight excluding hydrogens is 202 g/mol. The van der Waals surface area contributed by atoms with Crippen molar-refractivity contribution < 1.29 is 5.11 Å². The zero-order chi connectivity index (χ0) is 12.1. The van der Waals surface area contributed by atoms with Gasteiger partial charge in [-0.25, -0.2) is 0 Å². The Morgan fingerprint density at radius 2 is 1.94 bits per heavy atom. The van der Waals surface area contributed by atoms with E-state index in [1.807, 2.05) is 6.07 Å². The normalized spacial score (nSPS) is 12.8. The van der Waals surface area contributed by atoms with Gasteiger partial charge >= 0.3 is 0 Å². The number of nitrogens with one attached hydrogen (secondary N) is 1. The number of aliphatic hydroxyl groups is 1. The molecular formula is C12H21N3O. The quantitative estimate of drug-likeness (QED) is 0.572. The maximum Gasteiger partial charge on any atom is 0.0715 e. The third-order valence-corrected chi connectivity index (χ3v) is 2.37. The largest absolute Gasteiger partial charge is 0.397 e. The molecule has 4 heteroatoms. The first kappa shape index (κ1) is 12.6. The maximum atomic E-state index is 9.69. The molecule has 0 aliphatic rings. The van der Waals surface area contributed by atoms with Crippen molar-refractivity contribution in [1.29, 1.82) is 0 Å². The molecule has 1 aromatic rings. The number of hydrogen-bond donors (Lipinski definition) is 4. The minimum atomic E-state index is -0.334. The lowest BCUT2D eigenvalue weighted by atomic mass is 10.1. The van der Waals surface area contributed by atoms with Gasteiger partial charge in [-0.3, -0.25) is 0 Å². The average molecular weight is 223 g/mol. The summed E-state index contributed by atoms with van der Waals surface area (Å²) in [5.74, 6) is 0.494. The van der Waals surface area contributed by atoms with Gasteiger partial charge in [-0.05, 0) is 30.5 Å². The molecule has 0 aliphatic carbocycles. The summed E-state index contributed by atoms with van der Waals surface area (Å²) in [7, 11) is 0. The van der Waals surface area contributed by atoms with Gasteiger partial charge in [-0.2, -0.15) is 0 Å². The lowest BCUT2D eigenvalue weighted by Crippen LogP contribution is -2.21. The summed E-state index contributed by atoms with van der Waals surface area (Å²) in [6.07, 6.45) is 0.455. The SMILES string of the molecule is CC(C)CC(O)CNc1ccc(N)c(N)c1.